The van der Waals surface area contributed by atoms with Crippen LogP contribution in [0, 0.1) is 5.82 Å². The van der Waals surface area contributed by atoms with Gasteiger partial charge in [0, 0.05) is 22.6 Å². The summed E-state index contributed by atoms with van der Waals surface area (Å²) in [6.45, 7) is 6.61. The van der Waals surface area contributed by atoms with Gasteiger partial charge < -0.3 is 5.73 Å². The van der Waals surface area contributed by atoms with Gasteiger partial charge in [0.2, 0.25) is 0 Å². The molecule has 0 fully saturated rings. The lowest BCUT2D eigenvalue weighted by Gasteiger charge is -2.31. The monoisotopic (exact) mass is 316 g/mol. The molecule has 1 aromatic carbocycles. The van der Waals surface area contributed by atoms with Crippen molar-refractivity contribution in [3.05, 3.63) is 34.1 Å². The molecule has 4 heteroatoms. The smallest absolute Gasteiger partial charge is 0.129 e. The number of hydrogen-bond donors (Lipinski definition) is 1. The summed E-state index contributed by atoms with van der Waals surface area (Å²) in [6.07, 6.45) is 2.10. The highest BCUT2D eigenvalue weighted by molar-refractivity contribution is 9.10. The maximum atomic E-state index is 14.0. The highest BCUT2D eigenvalue weighted by atomic mass is 79.9. The molecule has 0 aliphatic heterocycles. The first-order valence-electron chi connectivity index (χ1n) is 6.53. The van der Waals surface area contributed by atoms with Crippen molar-refractivity contribution in [3.8, 4) is 0 Å². The lowest BCUT2D eigenvalue weighted by molar-refractivity contribution is 0.198. The fraction of sp³-hybridized carbons (Fsp3) is 0.571. The molecule has 0 saturated heterocycles. The Balaban J connectivity index is 2.98. The van der Waals surface area contributed by atoms with Gasteiger partial charge in [-0.3, -0.25) is 4.90 Å². The largest absolute Gasteiger partial charge is 0.329 e. The van der Waals surface area contributed by atoms with Gasteiger partial charge in [-0.25, -0.2) is 4.39 Å². The van der Waals surface area contributed by atoms with Gasteiger partial charge in [-0.2, -0.15) is 0 Å². The third-order valence-electron chi connectivity index (χ3n) is 3.01. The molecular formula is C14H22BrFN2. The quantitative estimate of drug-likeness (QED) is 0.831. The van der Waals surface area contributed by atoms with E-state index in [1.807, 2.05) is 12.1 Å². The van der Waals surface area contributed by atoms with Crippen LogP contribution in [-0.4, -0.2) is 24.5 Å². The third-order valence-corrected chi connectivity index (χ3v) is 3.50. The van der Waals surface area contributed by atoms with Gasteiger partial charge >= 0.3 is 0 Å². The van der Waals surface area contributed by atoms with Crippen LogP contribution in [0.1, 0.15) is 38.3 Å². The Kier molecular flexibility index (Phi) is 6.82. The van der Waals surface area contributed by atoms with E-state index < -0.39 is 0 Å². The van der Waals surface area contributed by atoms with Crippen LogP contribution >= 0.6 is 15.9 Å². The van der Waals surface area contributed by atoms with Crippen LogP contribution in [0.25, 0.3) is 0 Å². The summed E-state index contributed by atoms with van der Waals surface area (Å²) in [6, 6.07) is 5.18. The van der Waals surface area contributed by atoms with Crippen molar-refractivity contribution in [2.24, 2.45) is 5.73 Å². The molecule has 0 aliphatic carbocycles. The van der Waals surface area contributed by atoms with Gasteiger partial charge in [0.25, 0.3) is 0 Å². The average Bonchev–Trinajstić information content (AvgIpc) is 2.33. The standard InChI is InChI=1S/C14H22BrFN2/c1-3-7-18(8-4-2)14(10-17)12-6-5-11(15)9-13(12)16/h5-6,9,14H,3-4,7-8,10,17H2,1-2H3. The molecule has 0 spiro atoms. The summed E-state index contributed by atoms with van der Waals surface area (Å²) < 4.78 is 14.8. The van der Waals surface area contributed by atoms with E-state index in [1.165, 1.54) is 6.07 Å². The van der Waals surface area contributed by atoms with E-state index in [0.717, 1.165) is 30.4 Å². The first-order chi connectivity index (χ1) is 8.63. The van der Waals surface area contributed by atoms with E-state index in [9.17, 15) is 4.39 Å². The predicted molar refractivity (Wildman–Crippen MR) is 78.1 cm³/mol. The fourth-order valence-electron chi connectivity index (χ4n) is 2.24. The molecule has 1 atom stereocenters. The molecule has 0 aromatic heterocycles. The lowest BCUT2D eigenvalue weighted by Crippen LogP contribution is -2.35. The van der Waals surface area contributed by atoms with E-state index in [4.69, 9.17) is 5.73 Å². The highest BCUT2D eigenvalue weighted by Crippen LogP contribution is 2.25. The molecule has 102 valence electrons. The van der Waals surface area contributed by atoms with Crippen molar-refractivity contribution in [1.82, 2.24) is 4.90 Å². The van der Waals surface area contributed by atoms with Crippen molar-refractivity contribution >= 4 is 15.9 Å². The summed E-state index contributed by atoms with van der Waals surface area (Å²) in [7, 11) is 0. The minimum Gasteiger partial charge on any atom is -0.329 e. The molecule has 0 radical (unpaired) electrons. The molecule has 0 amide bonds. The third kappa shape index (κ3) is 4.04. The number of halogens is 2. The van der Waals surface area contributed by atoms with Crippen molar-refractivity contribution < 1.29 is 4.39 Å². The van der Waals surface area contributed by atoms with E-state index in [0.29, 0.717) is 12.1 Å². The van der Waals surface area contributed by atoms with Crippen molar-refractivity contribution in [3.63, 3.8) is 0 Å². The second kappa shape index (κ2) is 7.87. The van der Waals surface area contributed by atoms with Gasteiger partial charge in [0.15, 0.2) is 0 Å². The normalized spacial score (nSPS) is 13.0. The molecule has 0 aliphatic rings. The zero-order chi connectivity index (χ0) is 13.5. The Hall–Kier alpha value is -0.450. The summed E-state index contributed by atoms with van der Waals surface area (Å²) in [5.41, 5.74) is 6.55. The van der Waals surface area contributed by atoms with E-state index in [-0.39, 0.29) is 11.9 Å². The molecule has 1 rings (SSSR count). The van der Waals surface area contributed by atoms with Crippen LogP contribution in [0.3, 0.4) is 0 Å². The Bertz CT molecular complexity index is 365. The van der Waals surface area contributed by atoms with Crippen LogP contribution in [0.15, 0.2) is 22.7 Å². The number of rotatable bonds is 7. The van der Waals surface area contributed by atoms with Crippen molar-refractivity contribution in [2.75, 3.05) is 19.6 Å². The summed E-state index contributed by atoms with van der Waals surface area (Å²) >= 11 is 3.28. The van der Waals surface area contributed by atoms with Gasteiger partial charge in [-0.1, -0.05) is 35.8 Å². The SMILES string of the molecule is CCCN(CCC)C(CN)c1ccc(Br)cc1F. The summed E-state index contributed by atoms with van der Waals surface area (Å²) in [5, 5.41) is 0. The number of benzene rings is 1. The highest BCUT2D eigenvalue weighted by Gasteiger charge is 2.20. The summed E-state index contributed by atoms with van der Waals surface area (Å²) in [5.74, 6) is -0.183. The van der Waals surface area contributed by atoms with Gasteiger partial charge in [0.1, 0.15) is 5.82 Å². The summed E-state index contributed by atoms with van der Waals surface area (Å²) in [4.78, 5) is 2.27. The molecule has 1 unspecified atom stereocenters. The lowest BCUT2D eigenvalue weighted by atomic mass is 10.0. The minimum atomic E-state index is -0.183. The zero-order valence-corrected chi connectivity index (χ0v) is 12.7. The van der Waals surface area contributed by atoms with Crippen LogP contribution in [0.2, 0.25) is 0 Å². The number of nitrogens with zero attached hydrogens (tertiary/aromatic N) is 1. The van der Waals surface area contributed by atoms with Crippen LogP contribution in [0.4, 0.5) is 4.39 Å². The predicted octanol–water partition coefficient (Wildman–Crippen LogP) is 3.71. The van der Waals surface area contributed by atoms with E-state index in [2.05, 4.69) is 34.7 Å². The number of hydrogen-bond acceptors (Lipinski definition) is 2. The second-order valence-electron chi connectivity index (χ2n) is 4.45. The van der Waals surface area contributed by atoms with Crippen molar-refractivity contribution in [2.45, 2.75) is 32.7 Å². The number of nitrogens with two attached hydrogens (primary N) is 1. The van der Waals surface area contributed by atoms with E-state index >= 15 is 0 Å². The Morgan fingerprint density at radius 2 is 1.89 bits per heavy atom. The van der Waals surface area contributed by atoms with Crippen LogP contribution in [-0.2, 0) is 0 Å². The molecule has 0 bridgehead atoms. The maximum absolute atomic E-state index is 14.0. The topological polar surface area (TPSA) is 29.3 Å². The van der Waals surface area contributed by atoms with Crippen molar-refractivity contribution in [1.29, 1.82) is 0 Å². The van der Waals surface area contributed by atoms with Gasteiger partial charge in [-0.15, -0.1) is 0 Å². The molecule has 0 saturated carbocycles. The fourth-order valence-corrected chi connectivity index (χ4v) is 2.58. The Morgan fingerprint density at radius 3 is 2.33 bits per heavy atom. The van der Waals surface area contributed by atoms with Gasteiger partial charge in [0.05, 0.1) is 0 Å². The molecule has 18 heavy (non-hydrogen) atoms. The Morgan fingerprint density at radius 1 is 1.28 bits per heavy atom. The first kappa shape index (κ1) is 15.6. The van der Waals surface area contributed by atoms with Crippen LogP contribution in [0.5, 0.6) is 0 Å². The average molecular weight is 317 g/mol. The van der Waals surface area contributed by atoms with Crippen LogP contribution < -0.4 is 5.73 Å². The zero-order valence-electron chi connectivity index (χ0n) is 11.1. The van der Waals surface area contributed by atoms with E-state index in [1.54, 1.807) is 0 Å². The first-order valence-corrected chi connectivity index (χ1v) is 7.32. The molecule has 2 nitrogen and oxygen atoms in total. The maximum Gasteiger partial charge on any atom is 0.129 e. The van der Waals surface area contributed by atoms with Gasteiger partial charge in [-0.05, 0) is 38.1 Å². The minimum absolute atomic E-state index is 0.0296. The molecule has 1 aromatic rings. The molecule has 2 N–H and O–H groups in total. The second-order valence-corrected chi connectivity index (χ2v) is 5.37. The molecular weight excluding hydrogens is 295 g/mol. The molecule has 0 heterocycles. The Labute approximate surface area is 117 Å².